The van der Waals surface area contributed by atoms with Crippen LogP contribution in [-0.2, 0) is 0 Å². The van der Waals surface area contributed by atoms with Crippen molar-refractivity contribution in [1.82, 2.24) is 9.13 Å². The molecule has 7 aromatic rings. The third-order valence-corrected chi connectivity index (χ3v) is 12.9. The summed E-state index contributed by atoms with van der Waals surface area (Å²) in [5, 5.41) is 2.63. The molecule has 0 saturated carbocycles. The predicted octanol–water partition coefficient (Wildman–Crippen LogP) is 14.6. The lowest BCUT2D eigenvalue weighted by atomic mass is 9.86. The zero-order chi connectivity index (χ0) is 42.4. The normalized spacial score (nSPS) is 12.5. The van der Waals surface area contributed by atoms with Gasteiger partial charge >= 0.3 is 0 Å². The highest BCUT2D eigenvalue weighted by atomic mass is 16.1. The fraction of sp³-hybridized carbons (Fsp3) is 0.407. The van der Waals surface area contributed by atoms with Gasteiger partial charge in [-0.15, -0.1) is 0 Å². The molecule has 0 spiro atoms. The van der Waals surface area contributed by atoms with Gasteiger partial charge in [0.15, 0.2) is 10.9 Å². The molecule has 0 bridgehead atoms. The number of aryl methyl sites for hydroxylation is 4. The molecular formula is C54H64N2O2. The van der Waals surface area contributed by atoms with Gasteiger partial charge in [-0.05, 0) is 155 Å². The van der Waals surface area contributed by atoms with Crippen molar-refractivity contribution in [2.24, 2.45) is 0 Å². The summed E-state index contributed by atoms with van der Waals surface area (Å²) in [5.74, 6) is 1.59. The van der Waals surface area contributed by atoms with Crippen LogP contribution in [0.4, 0.5) is 0 Å². The molecule has 302 valence electrons. The van der Waals surface area contributed by atoms with Crippen LogP contribution in [0.1, 0.15) is 174 Å². The van der Waals surface area contributed by atoms with Gasteiger partial charge in [0, 0.05) is 21.5 Å². The molecule has 2 aromatic heterocycles. The Kier molecular flexibility index (Phi) is 10.7. The van der Waals surface area contributed by atoms with Gasteiger partial charge in [0.05, 0.1) is 33.4 Å². The minimum Gasteiger partial charge on any atom is -0.308 e. The van der Waals surface area contributed by atoms with E-state index in [1.807, 2.05) is 0 Å². The van der Waals surface area contributed by atoms with Crippen molar-refractivity contribution in [3.05, 3.63) is 137 Å². The van der Waals surface area contributed by atoms with Crippen LogP contribution in [0, 0.1) is 27.7 Å². The van der Waals surface area contributed by atoms with Gasteiger partial charge in [0.25, 0.3) is 0 Å². The molecule has 0 amide bonds. The Morgan fingerprint density at radius 1 is 0.328 bits per heavy atom. The fourth-order valence-electron chi connectivity index (χ4n) is 9.03. The molecule has 58 heavy (non-hydrogen) atoms. The van der Waals surface area contributed by atoms with E-state index in [4.69, 9.17) is 0 Å². The summed E-state index contributed by atoms with van der Waals surface area (Å²) in [6.07, 6.45) is 0. The first-order valence-electron chi connectivity index (χ1n) is 21.7. The van der Waals surface area contributed by atoms with Gasteiger partial charge < -0.3 is 9.13 Å². The van der Waals surface area contributed by atoms with E-state index in [1.165, 1.54) is 33.4 Å². The van der Waals surface area contributed by atoms with E-state index < -0.39 is 0 Å². The maximum absolute atomic E-state index is 15.2. The van der Waals surface area contributed by atoms with Crippen molar-refractivity contribution in [3.8, 4) is 11.4 Å². The van der Waals surface area contributed by atoms with Crippen molar-refractivity contribution < 1.29 is 0 Å². The second kappa shape index (κ2) is 15.0. The SMILES string of the molecule is Cc1cc2c(=O)c3cc4c(cc3n(-c3c(C(C)C)cc(C(C)C)cc3C(C)C)c2cc1C)c(=O)c1cc(C)c(C)cc1n4-c1c(C(C)C)cc(C(C)C)cc1C(C)C. The Bertz CT molecular complexity index is 2670. The van der Waals surface area contributed by atoms with Gasteiger partial charge in [0.1, 0.15) is 0 Å². The number of hydrogen-bond donors (Lipinski definition) is 0. The van der Waals surface area contributed by atoms with E-state index in [0.29, 0.717) is 33.4 Å². The first kappa shape index (κ1) is 41.2. The number of fused-ring (bicyclic) bond motifs is 4. The summed E-state index contributed by atoms with van der Waals surface area (Å²) in [4.78, 5) is 30.4. The first-order chi connectivity index (χ1) is 27.2. The number of nitrogens with zero attached hydrogens (tertiary/aromatic N) is 2. The largest absolute Gasteiger partial charge is 0.308 e. The minimum absolute atomic E-state index is 0.00949. The van der Waals surface area contributed by atoms with Crippen LogP contribution in [0.2, 0.25) is 0 Å². The molecule has 7 rings (SSSR count). The molecule has 2 heterocycles. The quantitative estimate of drug-likeness (QED) is 0.144. The van der Waals surface area contributed by atoms with Crippen LogP contribution < -0.4 is 10.9 Å². The average Bonchev–Trinajstić information content (AvgIpc) is 3.15. The van der Waals surface area contributed by atoms with E-state index in [2.05, 4.69) is 181 Å². The molecule has 0 atom stereocenters. The molecule has 0 fully saturated rings. The number of rotatable bonds is 8. The molecule has 0 N–H and O–H groups in total. The molecule has 4 nitrogen and oxygen atoms in total. The molecule has 0 unspecified atom stereocenters. The smallest absolute Gasteiger partial charge is 0.197 e. The highest BCUT2D eigenvalue weighted by Crippen LogP contribution is 2.42. The fourth-order valence-corrected chi connectivity index (χ4v) is 9.03. The third kappa shape index (κ3) is 6.61. The maximum Gasteiger partial charge on any atom is 0.197 e. The highest BCUT2D eigenvalue weighted by Gasteiger charge is 2.27. The van der Waals surface area contributed by atoms with Crippen LogP contribution in [0.15, 0.2) is 70.3 Å². The Morgan fingerprint density at radius 2 is 0.569 bits per heavy atom. The van der Waals surface area contributed by atoms with Crippen molar-refractivity contribution in [1.29, 1.82) is 0 Å². The summed E-state index contributed by atoms with van der Waals surface area (Å²) in [5.41, 5.74) is 17.5. The molecular weight excluding hydrogens is 709 g/mol. The number of hydrogen-bond acceptors (Lipinski definition) is 2. The monoisotopic (exact) mass is 772 g/mol. The van der Waals surface area contributed by atoms with Crippen LogP contribution in [0.3, 0.4) is 0 Å². The Morgan fingerprint density at radius 3 is 0.828 bits per heavy atom. The molecule has 0 aliphatic rings. The van der Waals surface area contributed by atoms with Gasteiger partial charge in [0.2, 0.25) is 0 Å². The molecule has 0 saturated heterocycles. The number of aromatic nitrogens is 2. The van der Waals surface area contributed by atoms with Gasteiger partial charge in [-0.1, -0.05) is 107 Å². The third-order valence-electron chi connectivity index (χ3n) is 12.9. The molecule has 5 aromatic carbocycles. The number of pyridine rings is 2. The van der Waals surface area contributed by atoms with Crippen LogP contribution in [-0.4, -0.2) is 9.13 Å². The summed E-state index contributed by atoms with van der Waals surface area (Å²) in [6.45, 7) is 35.6. The Hall–Kier alpha value is -4.96. The Labute approximate surface area is 345 Å². The predicted molar refractivity (Wildman–Crippen MR) is 251 cm³/mol. The summed E-state index contributed by atoms with van der Waals surface area (Å²) in [6, 6.07) is 22.2. The van der Waals surface area contributed by atoms with E-state index in [9.17, 15) is 0 Å². The highest BCUT2D eigenvalue weighted by molar-refractivity contribution is 6.06. The lowest BCUT2D eigenvalue weighted by Gasteiger charge is -2.28. The average molecular weight is 773 g/mol. The van der Waals surface area contributed by atoms with E-state index in [1.54, 1.807) is 0 Å². The summed E-state index contributed by atoms with van der Waals surface area (Å²) >= 11 is 0. The zero-order valence-corrected chi connectivity index (χ0v) is 37.9. The number of benzene rings is 5. The van der Waals surface area contributed by atoms with Crippen LogP contribution in [0.25, 0.3) is 55.0 Å². The van der Waals surface area contributed by atoms with E-state index >= 15 is 9.59 Å². The second-order valence-electron chi connectivity index (χ2n) is 19.1. The molecule has 0 aliphatic heterocycles. The van der Waals surface area contributed by atoms with E-state index in [0.717, 1.165) is 55.7 Å². The zero-order valence-electron chi connectivity index (χ0n) is 37.9. The second-order valence-corrected chi connectivity index (χ2v) is 19.1. The van der Waals surface area contributed by atoms with Crippen molar-refractivity contribution in [3.63, 3.8) is 0 Å². The Balaban J connectivity index is 1.82. The molecule has 4 heteroatoms. The maximum atomic E-state index is 15.2. The van der Waals surface area contributed by atoms with Crippen LogP contribution in [0.5, 0.6) is 0 Å². The lowest BCUT2D eigenvalue weighted by molar-refractivity contribution is 0.789. The minimum atomic E-state index is -0.00949. The standard InChI is InChI=1S/C54H64N2O2/c1-27(2)37-21-39(29(5)6)51(40(22-37)30(7)8)55-47-19-35(15)33(13)17-43(47)53(57)45-26-50-46(25-49(45)55)54(58)44-18-34(14)36(16)20-48(44)56(50)52-41(31(9)10)23-38(28(3)4)24-42(52)32(11)12/h17-32H,1-16H3. The van der Waals surface area contributed by atoms with Gasteiger partial charge in [-0.2, -0.15) is 0 Å². The summed E-state index contributed by atoms with van der Waals surface area (Å²) in [7, 11) is 0. The van der Waals surface area contributed by atoms with E-state index in [-0.39, 0.29) is 34.5 Å². The molecule has 0 radical (unpaired) electrons. The van der Waals surface area contributed by atoms with Gasteiger partial charge in [-0.3, -0.25) is 9.59 Å². The van der Waals surface area contributed by atoms with Crippen molar-refractivity contribution in [2.45, 2.75) is 146 Å². The summed E-state index contributed by atoms with van der Waals surface area (Å²) < 4.78 is 4.69. The molecule has 0 aliphatic carbocycles. The topological polar surface area (TPSA) is 44.0 Å². The van der Waals surface area contributed by atoms with Crippen molar-refractivity contribution in [2.75, 3.05) is 0 Å². The van der Waals surface area contributed by atoms with Crippen LogP contribution >= 0.6 is 0 Å². The van der Waals surface area contributed by atoms with Gasteiger partial charge in [-0.25, -0.2) is 0 Å². The lowest BCUT2D eigenvalue weighted by Crippen LogP contribution is -2.18. The first-order valence-corrected chi connectivity index (χ1v) is 21.7. The van der Waals surface area contributed by atoms with Crippen molar-refractivity contribution >= 4 is 43.6 Å².